The third kappa shape index (κ3) is 4.46. The average Bonchev–Trinajstić information content (AvgIpc) is 2.68. The Bertz CT molecular complexity index is 852. The van der Waals surface area contributed by atoms with Crippen LogP contribution in [0.2, 0.25) is 0 Å². The summed E-state index contributed by atoms with van der Waals surface area (Å²) in [7, 11) is 1.43. The Morgan fingerprint density at radius 3 is 2.27 bits per heavy atom. The number of amides is 2. The van der Waals surface area contributed by atoms with Gasteiger partial charge in [-0.25, -0.2) is 0 Å². The first-order valence-electron chi connectivity index (χ1n) is 7.92. The molecule has 2 aromatic rings. The fourth-order valence-corrected chi connectivity index (χ4v) is 2.61. The van der Waals surface area contributed by atoms with Crippen LogP contribution in [-0.4, -0.2) is 18.9 Å². The first kappa shape index (κ1) is 18.7. The second-order valence-corrected chi connectivity index (χ2v) is 5.53. The maximum absolute atomic E-state index is 12.4. The molecule has 2 aromatic carbocycles. The minimum atomic E-state index is -0.996. The van der Waals surface area contributed by atoms with Gasteiger partial charge in [0.25, 0.3) is 5.91 Å². The Kier molecular flexibility index (Phi) is 6.47. The molecule has 0 saturated carbocycles. The molecule has 0 bridgehead atoms. The van der Waals surface area contributed by atoms with Crippen LogP contribution >= 0.6 is 0 Å². The maximum atomic E-state index is 12.4. The summed E-state index contributed by atoms with van der Waals surface area (Å²) in [5, 5.41) is 20.7. The second-order valence-electron chi connectivity index (χ2n) is 5.53. The first-order chi connectivity index (χ1) is 12.6. The van der Waals surface area contributed by atoms with Crippen LogP contribution in [0.1, 0.15) is 28.3 Å². The molecule has 0 fully saturated rings. The molecular weight excluding hydrogens is 330 g/mol. The summed E-state index contributed by atoms with van der Waals surface area (Å²) >= 11 is 0. The number of benzene rings is 2. The van der Waals surface area contributed by atoms with Crippen LogP contribution in [-0.2, 0) is 4.79 Å². The minimum Gasteiger partial charge on any atom is -0.496 e. The minimum absolute atomic E-state index is 0.156. The molecule has 6 heteroatoms. The lowest BCUT2D eigenvalue weighted by Crippen LogP contribution is -2.32. The molecular formula is C20H17N3O3. The smallest absolute Gasteiger partial charge is 0.261 e. The Morgan fingerprint density at radius 1 is 1.04 bits per heavy atom. The zero-order valence-electron chi connectivity index (χ0n) is 14.2. The lowest BCUT2D eigenvalue weighted by atomic mass is 9.85. The number of ether oxygens (including phenoxy) is 1. The van der Waals surface area contributed by atoms with Gasteiger partial charge in [-0.3, -0.25) is 14.9 Å². The van der Waals surface area contributed by atoms with Crippen molar-refractivity contribution >= 4 is 11.8 Å². The number of carbonyl (C=O) groups excluding carboxylic acids is 2. The molecule has 0 unspecified atom stereocenters. The molecule has 1 N–H and O–H groups in total. The number of hydrogen-bond acceptors (Lipinski definition) is 5. The van der Waals surface area contributed by atoms with E-state index in [1.54, 1.807) is 54.6 Å². The standard InChI is InChI=1S/C20H17N3O3/c1-26-18-10-6-5-9-16(18)20(25)23-19(24)11-17(15(12-21)13-22)14-7-3-2-4-8-14/h2-10,15,17H,11H2,1H3,(H,23,24,25)/t17-/m0/s1. The van der Waals surface area contributed by atoms with Crippen molar-refractivity contribution in [3.63, 3.8) is 0 Å². The fraction of sp³-hybridized carbons (Fsp3) is 0.200. The first-order valence-corrected chi connectivity index (χ1v) is 7.92. The molecule has 2 amide bonds. The number of carbonyl (C=O) groups is 2. The van der Waals surface area contributed by atoms with Crippen molar-refractivity contribution in [3.8, 4) is 17.9 Å². The van der Waals surface area contributed by atoms with E-state index in [4.69, 9.17) is 4.74 Å². The molecule has 0 aromatic heterocycles. The average molecular weight is 347 g/mol. The van der Waals surface area contributed by atoms with Crippen molar-refractivity contribution in [2.45, 2.75) is 12.3 Å². The summed E-state index contributed by atoms with van der Waals surface area (Å²) in [6, 6.07) is 19.2. The van der Waals surface area contributed by atoms with Gasteiger partial charge in [0.15, 0.2) is 0 Å². The van der Waals surface area contributed by atoms with E-state index in [1.807, 2.05) is 12.1 Å². The summed E-state index contributed by atoms with van der Waals surface area (Å²) in [5.74, 6) is -2.43. The molecule has 0 heterocycles. The van der Waals surface area contributed by atoms with Gasteiger partial charge in [-0.15, -0.1) is 0 Å². The highest BCUT2D eigenvalue weighted by molar-refractivity contribution is 6.06. The topological polar surface area (TPSA) is 103 Å². The van der Waals surface area contributed by atoms with Gasteiger partial charge in [-0.1, -0.05) is 42.5 Å². The van der Waals surface area contributed by atoms with Gasteiger partial charge in [0.1, 0.15) is 11.7 Å². The largest absolute Gasteiger partial charge is 0.496 e. The summed E-state index contributed by atoms with van der Waals surface area (Å²) in [6.45, 7) is 0. The third-order valence-corrected chi connectivity index (χ3v) is 3.92. The number of hydrogen-bond donors (Lipinski definition) is 1. The van der Waals surface area contributed by atoms with Crippen molar-refractivity contribution in [3.05, 3.63) is 65.7 Å². The number of imide groups is 1. The molecule has 0 radical (unpaired) electrons. The van der Waals surface area contributed by atoms with E-state index in [0.29, 0.717) is 11.3 Å². The summed E-state index contributed by atoms with van der Waals surface area (Å²) < 4.78 is 5.11. The molecule has 0 saturated heterocycles. The number of para-hydroxylation sites is 1. The highest BCUT2D eigenvalue weighted by atomic mass is 16.5. The van der Waals surface area contributed by atoms with Crippen LogP contribution in [0.3, 0.4) is 0 Å². The van der Waals surface area contributed by atoms with Gasteiger partial charge < -0.3 is 4.74 Å². The molecule has 26 heavy (non-hydrogen) atoms. The zero-order chi connectivity index (χ0) is 18.9. The number of nitrogens with zero attached hydrogens (tertiary/aromatic N) is 2. The molecule has 1 atom stereocenters. The van der Waals surface area contributed by atoms with Crippen molar-refractivity contribution in [1.29, 1.82) is 10.5 Å². The Labute approximate surface area is 151 Å². The van der Waals surface area contributed by atoms with E-state index >= 15 is 0 Å². The predicted molar refractivity (Wildman–Crippen MR) is 94.0 cm³/mol. The lowest BCUT2D eigenvalue weighted by molar-refractivity contribution is -0.120. The summed E-state index contributed by atoms with van der Waals surface area (Å²) in [5.41, 5.74) is 0.928. The molecule has 0 aliphatic rings. The van der Waals surface area contributed by atoms with Crippen LogP contribution in [0.15, 0.2) is 54.6 Å². The molecule has 0 aliphatic heterocycles. The molecule has 6 nitrogen and oxygen atoms in total. The monoisotopic (exact) mass is 347 g/mol. The van der Waals surface area contributed by atoms with E-state index < -0.39 is 23.7 Å². The highest BCUT2D eigenvalue weighted by Gasteiger charge is 2.27. The van der Waals surface area contributed by atoms with Crippen molar-refractivity contribution in [1.82, 2.24) is 5.32 Å². The van der Waals surface area contributed by atoms with Gasteiger partial charge in [0.05, 0.1) is 24.8 Å². The molecule has 0 aliphatic carbocycles. The van der Waals surface area contributed by atoms with Gasteiger partial charge >= 0.3 is 0 Å². The maximum Gasteiger partial charge on any atom is 0.261 e. The van der Waals surface area contributed by atoms with Gasteiger partial charge in [0, 0.05) is 12.3 Å². The van der Waals surface area contributed by atoms with Gasteiger partial charge in [0.2, 0.25) is 5.91 Å². The normalized spacial score (nSPS) is 11.1. The lowest BCUT2D eigenvalue weighted by Gasteiger charge is -2.17. The van der Waals surface area contributed by atoms with Crippen molar-refractivity contribution in [2.75, 3.05) is 7.11 Å². The Hall–Kier alpha value is -3.64. The summed E-state index contributed by atoms with van der Waals surface area (Å²) in [6.07, 6.45) is -0.156. The number of methoxy groups -OCH3 is 1. The molecule has 130 valence electrons. The fourth-order valence-electron chi connectivity index (χ4n) is 2.61. The predicted octanol–water partition coefficient (Wildman–Crippen LogP) is 2.79. The number of rotatable bonds is 6. The van der Waals surface area contributed by atoms with E-state index in [-0.39, 0.29) is 12.0 Å². The number of nitrogens with one attached hydrogen (secondary N) is 1. The van der Waals surface area contributed by atoms with Gasteiger partial charge in [-0.05, 0) is 17.7 Å². The van der Waals surface area contributed by atoms with E-state index in [0.717, 1.165) is 0 Å². The van der Waals surface area contributed by atoms with E-state index in [1.165, 1.54) is 7.11 Å². The zero-order valence-corrected chi connectivity index (χ0v) is 14.2. The van der Waals surface area contributed by atoms with Crippen LogP contribution < -0.4 is 10.1 Å². The van der Waals surface area contributed by atoms with Gasteiger partial charge in [-0.2, -0.15) is 10.5 Å². The molecule has 0 spiro atoms. The quantitative estimate of drug-likeness (QED) is 0.865. The summed E-state index contributed by atoms with van der Waals surface area (Å²) in [4.78, 5) is 24.7. The van der Waals surface area contributed by atoms with Crippen molar-refractivity contribution < 1.29 is 14.3 Å². The number of nitriles is 2. The van der Waals surface area contributed by atoms with Crippen LogP contribution in [0.4, 0.5) is 0 Å². The van der Waals surface area contributed by atoms with E-state index in [9.17, 15) is 20.1 Å². The van der Waals surface area contributed by atoms with Crippen LogP contribution in [0, 0.1) is 28.6 Å². The SMILES string of the molecule is COc1ccccc1C(=O)NC(=O)C[C@@H](c1ccccc1)C(C#N)C#N. The third-order valence-electron chi connectivity index (χ3n) is 3.92. The molecule has 2 rings (SSSR count). The Balaban J connectivity index is 2.16. The van der Waals surface area contributed by atoms with E-state index in [2.05, 4.69) is 5.32 Å². The van der Waals surface area contributed by atoms with Crippen molar-refractivity contribution in [2.24, 2.45) is 5.92 Å². The highest BCUT2D eigenvalue weighted by Crippen LogP contribution is 2.27. The Morgan fingerprint density at radius 2 is 1.65 bits per heavy atom. The second kappa shape index (κ2) is 9.00. The van der Waals surface area contributed by atoms with Crippen LogP contribution in [0.5, 0.6) is 5.75 Å². The van der Waals surface area contributed by atoms with Crippen LogP contribution in [0.25, 0.3) is 0 Å².